The maximum atomic E-state index is 6.12. The number of para-hydroxylation sites is 1. The monoisotopic (exact) mass is 316 g/mol. The molecule has 0 amide bonds. The van der Waals surface area contributed by atoms with E-state index in [4.69, 9.17) is 10.6 Å². The highest BCUT2D eigenvalue weighted by molar-refractivity contribution is 7.98. The van der Waals surface area contributed by atoms with Crippen molar-refractivity contribution < 1.29 is 4.74 Å². The van der Waals surface area contributed by atoms with Crippen molar-refractivity contribution in [3.05, 3.63) is 42.5 Å². The molecular weight excluding hydrogens is 300 g/mol. The molecule has 0 spiro atoms. The van der Waals surface area contributed by atoms with Crippen LogP contribution in [0, 0.1) is 0 Å². The summed E-state index contributed by atoms with van der Waals surface area (Å²) in [5.41, 5.74) is 0.809. The number of benzene rings is 1. The van der Waals surface area contributed by atoms with Gasteiger partial charge in [0, 0.05) is 19.4 Å². The fourth-order valence-corrected chi connectivity index (χ4v) is 2.91. The number of rotatable bonds is 5. The molecule has 2 aromatic heterocycles. The molecule has 0 aliphatic heterocycles. The Morgan fingerprint density at radius 2 is 2.09 bits per heavy atom. The molecule has 114 valence electrons. The van der Waals surface area contributed by atoms with Gasteiger partial charge in [0.05, 0.1) is 18.4 Å². The molecule has 0 saturated heterocycles. The van der Waals surface area contributed by atoms with Crippen LogP contribution in [0.4, 0.5) is 0 Å². The van der Waals surface area contributed by atoms with Gasteiger partial charge >= 0.3 is 0 Å². The van der Waals surface area contributed by atoms with Crippen LogP contribution in [0.2, 0.25) is 0 Å². The molecule has 0 aliphatic rings. The third kappa shape index (κ3) is 2.64. The lowest BCUT2D eigenvalue weighted by atomic mass is 10.2. The maximum absolute atomic E-state index is 6.12. The normalized spacial score (nSPS) is 10.8. The number of hydrogen-bond donors (Lipinski definition) is 1. The second-order valence-electron chi connectivity index (χ2n) is 4.62. The van der Waals surface area contributed by atoms with Crippen molar-refractivity contribution in [1.82, 2.24) is 24.4 Å². The minimum absolute atomic E-state index is 0.569. The van der Waals surface area contributed by atoms with E-state index in [9.17, 15) is 0 Å². The average molecular weight is 316 g/mol. The SMILES string of the molecule is COc1ccccc1-c1nnc(SCc2nccn2C)n1N. The van der Waals surface area contributed by atoms with E-state index < -0.39 is 0 Å². The summed E-state index contributed by atoms with van der Waals surface area (Å²) >= 11 is 1.49. The molecule has 0 saturated carbocycles. The van der Waals surface area contributed by atoms with Gasteiger partial charge in [-0.25, -0.2) is 9.66 Å². The summed E-state index contributed by atoms with van der Waals surface area (Å²) in [5, 5.41) is 8.96. The number of thioether (sulfide) groups is 1. The van der Waals surface area contributed by atoms with E-state index in [-0.39, 0.29) is 0 Å². The Hall–Kier alpha value is -2.48. The van der Waals surface area contributed by atoms with E-state index in [0.29, 0.717) is 22.5 Å². The van der Waals surface area contributed by atoms with E-state index in [1.807, 2.05) is 42.1 Å². The molecule has 1 aromatic carbocycles. The molecule has 0 fully saturated rings. The van der Waals surface area contributed by atoms with Crippen LogP contribution in [-0.4, -0.2) is 31.5 Å². The Bertz CT molecular complexity index is 781. The van der Waals surface area contributed by atoms with Crippen molar-refractivity contribution in [2.24, 2.45) is 7.05 Å². The third-order valence-electron chi connectivity index (χ3n) is 3.26. The minimum Gasteiger partial charge on any atom is -0.496 e. The van der Waals surface area contributed by atoms with E-state index >= 15 is 0 Å². The fourth-order valence-electron chi connectivity index (χ4n) is 2.05. The van der Waals surface area contributed by atoms with Gasteiger partial charge in [-0.1, -0.05) is 23.9 Å². The molecule has 0 radical (unpaired) electrons. The molecular formula is C14H16N6OS. The molecule has 0 bridgehead atoms. The first-order chi connectivity index (χ1) is 10.7. The number of imidazole rings is 1. The van der Waals surface area contributed by atoms with Crippen molar-refractivity contribution in [3.8, 4) is 17.1 Å². The quantitative estimate of drug-likeness (QED) is 0.570. The lowest BCUT2D eigenvalue weighted by Gasteiger charge is -2.07. The van der Waals surface area contributed by atoms with Crippen molar-refractivity contribution in [2.75, 3.05) is 13.0 Å². The van der Waals surface area contributed by atoms with E-state index in [2.05, 4.69) is 15.2 Å². The molecule has 0 atom stereocenters. The van der Waals surface area contributed by atoms with Gasteiger partial charge in [-0.05, 0) is 12.1 Å². The zero-order valence-electron chi connectivity index (χ0n) is 12.3. The Kier molecular flexibility index (Phi) is 4.01. The second-order valence-corrected chi connectivity index (χ2v) is 5.56. The second kappa shape index (κ2) is 6.10. The Morgan fingerprint density at radius 3 is 2.82 bits per heavy atom. The lowest BCUT2D eigenvalue weighted by Crippen LogP contribution is -2.12. The molecule has 0 unspecified atom stereocenters. The van der Waals surface area contributed by atoms with Gasteiger partial charge < -0.3 is 15.1 Å². The number of nitrogens with two attached hydrogens (primary N) is 1. The molecule has 0 aliphatic carbocycles. The highest BCUT2D eigenvalue weighted by Crippen LogP contribution is 2.29. The predicted octanol–water partition coefficient (Wildman–Crippen LogP) is 1.69. The summed E-state index contributed by atoms with van der Waals surface area (Å²) in [6, 6.07) is 7.58. The van der Waals surface area contributed by atoms with Crippen LogP contribution in [0.25, 0.3) is 11.4 Å². The standard InChI is InChI=1S/C14H16N6OS/c1-19-8-7-16-12(19)9-22-14-18-17-13(20(14)15)10-5-3-4-6-11(10)21-2/h3-8H,9,15H2,1-2H3. The number of nitrogen functional groups attached to an aromatic ring is 1. The van der Waals surface area contributed by atoms with E-state index in [1.54, 1.807) is 13.3 Å². The highest BCUT2D eigenvalue weighted by Gasteiger charge is 2.16. The van der Waals surface area contributed by atoms with Gasteiger partial charge in [0.25, 0.3) is 0 Å². The zero-order chi connectivity index (χ0) is 15.5. The van der Waals surface area contributed by atoms with Gasteiger partial charge in [0.1, 0.15) is 11.6 Å². The topological polar surface area (TPSA) is 83.8 Å². The Morgan fingerprint density at radius 1 is 1.27 bits per heavy atom. The first kappa shape index (κ1) is 14.5. The summed E-state index contributed by atoms with van der Waals surface area (Å²) in [7, 11) is 3.57. The Balaban J connectivity index is 1.84. The van der Waals surface area contributed by atoms with Gasteiger partial charge in [0.2, 0.25) is 5.16 Å². The van der Waals surface area contributed by atoms with Crippen molar-refractivity contribution in [3.63, 3.8) is 0 Å². The maximum Gasteiger partial charge on any atom is 0.210 e. The van der Waals surface area contributed by atoms with Crippen molar-refractivity contribution in [2.45, 2.75) is 10.9 Å². The number of aryl methyl sites for hydroxylation is 1. The zero-order valence-corrected chi connectivity index (χ0v) is 13.1. The highest BCUT2D eigenvalue weighted by atomic mass is 32.2. The summed E-state index contributed by atoms with van der Waals surface area (Å²) in [4.78, 5) is 4.28. The molecule has 8 heteroatoms. The first-order valence-corrected chi connectivity index (χ1v) is 7.62. The molecule has 3 rings (SSSR count). The van der Waals surface area contributed by atoms with E-state index in [1.165, 1.54) is 16.4 Å². The number of ether oxygens (including phenoxy) is 1. The van der Waals surface area contributed by atoms with Crippen molar-refractivity contribution >= 4 is 11.8 Å². The van der Waals surface area contributed by atoms with Crippen LogP contribution in [0.15, 0.2) is 41.8 Å². The minimum atomic E-state index is 0.569. The Labute approximate surface area is 132 Å². The van der Waals surface area contributed by atoms with Crippen LogP contribution >= 0.6 is 11.8 Å². The fraction of sp³-hybridized carbons (Fsp3) is 0.214. The van der Waals surface area contributed by atoms with E-state index in [0.717, 1.165) is 11.4 Å². The van der Waals surface area contributed by atoms with Crippen LogP contribution in [0.5, 0.6) is 5.75 Å². The number of aromatic nitrogens is 5. The smallest absolute Gasteiger partial charge is 0.210 e. The molecule has 2 heterocycles. The van der Waals surface area contributed by atoms with Crippen LogP contribution in [-0.2, 0) is 12.8 Å². The summed E-state index contributed by atoms with van der Waals surface area (Å²) in [6.07, 6.45) is 3.67. The molecule has 3 aromatic rings. The van der Waals surface area contributed by atoms with Crippen LogP contribution < -0.4 is 10.6 Å². The first-order valence-electron chi connectivity index (χ1n) is 6.63. The average Bonchev–Trinajstić information content (AvgIpc) is 3.11. The van der Waals surface area contributed by atoms with Crippen LogP contribution in [0.1, 0.15) is 5.82 Å². The molecule has 2 N–H and O–H groups in total. The third-order valence-corrected chi connectivity index (χ3v) is 4.20. The van der Waals surface area contributed by atoms with Gasteiger partial charge in [-0.3, -0.25) is 0 Å². The van der Waals surface area contributed by atoms with Gasteiger partial charge in [-0.2, -0.15) is 0 Å². The van der Waals surface area contributed by atoms with Crippen LogP contribution in [0.3, 0.4) is 0 Å². The summed E-state index contributed by atoms with van der Waals surface area (Å²) in [5.74, 6) is 9.03. The van der Waals surface area contributed by atoms with Gasteiger partial charge in [0.15, 0.2) is 5.82 Å². The molecule has 7 nitrogen and oxygen atoms in total. The lowest BCUT2D eigenvalue weighted by molar-refractivity contribution is 0.416. The largest absolute Gasteiger partial charge is 0.496 e. The van der Waals surface area contributed by atoms with Crippen molar-refractivity contribution in [1.29, 1.82) is 0 Å². The molecule has 22 heavy (non-hydrogen) atoms. The predicted molar refractivity (Wildman–Crippen MR) is 84.9 cm³/mol. The number of hydrogen-bond acceptors (Lipinski definition) is 6. The number of methoxy groups -OCH3 is 1. The number of nitrogens with zero attached hydrogens (tertiary/aromatic N) is 5. The van der Waals surface area contributed by atoms with Gasteiger partial charge in [-0.15, -0.1) is 10.2 Å². The summed E-state index contributed by atoms with van der Waals surface area (Å²) < 4.78 is 8.78. The summed E-state index contributed by atoms with van der Waals surface area (Å²) in [6.45, 7) is 0.